The Labute approximate surface area is 154 Å². The first-order valence-corrected chi connectivity index (χ1v) is 9.76. The predicted octanol–water partition coefficient (Wildman–Crippen LogP) is 1.80. The van der Waals surface area contributed by atoms with Crippen LogP contribution < -0.4 is 14.8 Å². The van der Waals surface area contributed by atoms with Crippen LogP contribution in [0.1, 0.15) is 44.1 Å². The number of likely N-dealkylation sites (tertiary alicyclic amines) is 1. The van der Waals surface area contributed by atoms with E-state index < -0.39 is 0 Å². The Bertz CT molecular complexity index is 657. The van der Waals surface area contributed by atoms with E-state index in [0.29, 0.717) is 26.3 Å². The predicted molar refractivity (Wildman–Crippen MR) is 97.4 cm³/mol. The fourth-order valence-electron chi connectivity index (χ4n) is 4.49. The van der Waals surface area contributed by atoms with Crippen molar-refractivity contribution >= 4 is 5.91 Å². The molecule has 2 N–H and O–H groups in total. The molecule has 0 bridgehead atoms. The third-order valence-corrected chi connectivity index (χ3v) is 5.78. The third kappa shape index (κ3) is 3.67. The van der Waals surface area contributed by atoms with Crippen LogP contribution in [0.15, 0.2) is 18.2 Å². The molecule has 1 saturated heterocycles. The monoisotopic (exact) mass is 360 g/mol. The summed E-state index contributed by atoms with van der Waals surface area (Å²) in [7, 11) is 0. The molecule has 0 aromatic heterocycles. The lowest BCUT2D eigenvalue weighted by Crippen LogP contribution is -2.50. The van der Waals surface area contributed by atoms with Crippen molar-refractivity contribution in [1.29, 1.82) is 0 Å². The van der Waals surface area contributed by atoms with Crippen molar-refractivity contribution in [3.05, 3.63) is 23.8 Å². The van der Waals surface area contributed by atoms with E-state index >= 15 is 0 Å². The van der Waals surface area contributed by atoms with Gasteiger partial charge >= 0.3 is 0 Å². The number of carbonyl (C=O) groups is 1. The van der Waals surface area contributed by atoms with Crippen LogP contribution in [0.25, 0.3) is 0 Å². The van der Waals surface area contributed by atoms with E-state index in [1.54, 1.807) is 0 Å². The van der Waals surface area contributed by atoms with E-state index in [1.807, 2.05) is 12.1 Å². The number of ether oxygens (including phenoxy) is 2. The number of aliphatic hydroxyl groups excluding tert-OH is 1. The van der Waals surface area contributed by atoms with Gasteiger partial charge in [0.2, 0.25) is 5.91 Å². The van der Waals surface area contributed by atoms with Gasteiger partial charge in [-0.1, -0.05) is 18.9 Å². The van der Waals surface area contributed by atoms with E-state index in [-0.39, 0.29) is 17.6 Å². The van der Waals surface area contributed by atoms with Crippen molar-refractivity contribution in [2.45, 2.75) is 50.2 Å². The average molecular weight is 360 g/mol. The molecule has 3 aliphatic rings. The van der Waals surface area contributed by atoms with Gasteiger partial charge in [0, 0.05) is 6.54 Å². The first kappa shape index (κ1) is 17.6. The van der Waals surface area contributed by atoms with Crippen LogP contribution in [0, 0.1) is 0 Å². The maximum absolute atomic E-state index is 12.8. The number of β-amino-alcohol motifs (C(OH)–C–C–N with tert-alkyl or cyclic N) is 1. The molecular weight excluding hydrogens is 332 g/mol. The van der Waals surface area contributed by atoms with Crippen molar-refractivity contribution < 1.29 is 19.4 Å². The lowest BCUT2D eigenvalue weighted by molar-refractivity contribution is -0.125. The fourth-order valence-corrected chi connectivity index (χ4v) is 4.49. The molecule has 0 spiro atoms. The van der Waals surface area contributed by atoms with Gasteiger partial charge < -0.3 is 19.9 Å². The zero-order valence-electron chi connectivity index (χ0n) is 15.2. The summed E-state index contributed by atoms with van der Waals surface area (Å²) in [6.45, 7) is 2.96. The number of carbonyl (C=O) groups excluding carboxylic acids is 1. The summed E-state index contributed by atoms with van der Waals surface area (Å²) >= 11 is 0. The van der Waals surface area contributed by atoms with E-state index in [0.717, 1.165) is 62.1 Å². The smallest absolute Gasteiger partial charge is 0.234 e. The molecule has 2 heterocycles. The van der Waals surface area contributed by atoms with Crippen LogP contribution in [0.2, 0.25) is 0 Å². The number of benzene rings is 1. The number of aliphatic hydroxyl groups is 1. The average Bonchev–Trinajstić information content (AvgIpc) is 3.11. The Morgan fingerprint density at radius 2 is 1.96 bits per heavy atom. The van der Waals surface area contributed by atoms with Gasteiger partial charge in [0.15, 0.2) is 11.5 Å². The molecule has 26 heavy (non-hydrogen) atoms. The van der Waals surface area contributed by atoms with Crippen LogP contribution >= 0.6 is 0 Å². The number of hydrogen-bond donors (Lipinski definition) is 2. The molecule has 142 valence electrons. The Kier molecular flexibility index (Phi) is 5.05. The highest BCUT2D eigenvalue weighted by atomic mass is 16.6. The molecule has 0 radical (unpaired) electrons. The minimum Gasteiger partial charge on any atom is -0.486 e. The summed E-state index contributed by atoms with van der Waals surface area (Å²) in [5.41, 5.74) is 0.785. The van der Waals surface area contributed by atoms with Crippen molar-refractivity contribution in [1.82, 2.24) is 10.2 Å². The van der Waals surface area contributed by atoms with E-state index in [9.17, 15) is 9.90 Å². The largest absolute Gasteiger partial charge is 0.486 e. The molecule has 1 amide bonds. The first-order valence-electron chi connectivity index (χ1n) is 9.76. The summed E-state index contributed by atoms with van der Waals surface area (Å²) in [5, 5.41) is 13.1. The summed E-state index contributed by atoms with van der Waals surface area (Å²) in [4.78, 5) is 14.8. The second-order valence-corrected chi connectivity index (χ2v) is 7.73. The van der Waals surface area contributed by atoms with Crippen molar-refractivity contribution in [3.63, 3.8) is 0 Å². The zero-order valence-corrected chi connectivity index (χ0v) is 15.2. The molecule has 6 nitrogen and oxygen atoms in total. The summed E-state index contributed by atoms with van der Waals surface area (Å²) < 4.78 is 11.4. The number of amides is 1. The van der Waals surface area contributed by atoms with Crippen molar-refractivity contribution in [2.75, 3.05) is 32.8 Å². The molecule has 6 heteroatoms. The highest BCUT2D eigenvalue weighted by Crippen LogP contribution is 2.42. The van der Waals surface area contributed by atoms with Crippen molar-refractivity contribution in [3.8, 4) is 11.5 Å². The Balaban J connectivity index is 1.48. The van der Waals surface area contributed by atoms with Crippen LogP contribution in [0.4, 0.5) is 0 Å². The van der Waals surface area contributed by atoms with Crippen LogP contribution in [-0.2, 0) is 10.3 Å². The molecule has 1 saturated carbocycles. The minimum atomic E-state index is -0.318. The van der Waals surface area contributed by atoms with Gasteiger partial charge in [-0.15, -0.1) is 0 Å². The Hall–Kier alpha value is -1.79. The molecule has 1 atom stereocenters. The number of hydrogen-bond acceptors (Lipinski definition) is 5. The zero-order chi connectivity index (χ0) is 18.0. The standard InChI is InChI=1S/C20H28N2O4/c23-16-4-3-9-22(13-16)14-19(24)21-20(7-1-2-8-20)15-5-6-17-18(12-15)26-11-10-25-17/h5-6,12,16,23H,1-4,7-11,13-14H2,(H,21,24). The quantitative estimate of drug-likeness (QED) is 0.857. The summed E-state index contributed by atoms with van der Waals surface area (Å²) in [6.07, 6.45) is 5.58. The number of nitrogens with one attached hydrogen (secondary N) is 1. The lowest BCUT2D eigenvalue weighted by atomic mass is 9.87. The molecular formula is C20H28N2O4. The van der Waals surface area contributed by atoms with Gasteiger partial charge in [0.25, 0.3) is 0 Å². The molecule has 1 aromatic rings. The fraction of sp³-hybridized carbons (Fsp3) is 0.650. The maximum Gasteiger partial charge on any atom is 0.234 e. The van der Waals surface area contributed by atoms with Crippen LogP contribution in [0.5, 0.6) is 11.5 Å². The Morgan fingerprint density at radius 3 is 2.73 bits per heavy atom. The number of rotatable bonds is 4. The normalized spacial score (nSPS) is 25.0. The van der Waals surface area contributed by atoms with Gasteiger partial charge in [-0.2, -0.15) is 0 Å². The van der Waals surface area contributed by atoms with Crippen molar-refractivity contribution in [2.24, 2.45) is 0 Å². The second kappa shape index (κ2) is 7.45. The number of fused-ring (bicyclic) bond motifs is 1. The number of nitrogens with zero attached hydrogens (tertiary/aromatic N) is 1. The van der Waals surface area contributed by atoms with Gasteiger partial charge in [0.05, 0.1) is 18.2 Å². The molecule has 4 rings (SSSR count). The third-order valence-electron chi connectivity index (χ3n) is 5.78. The van der Waals surface area contributed by atoms with Gasteiger partial charge in [-0.25, -0.2) is 0 Å². The Morgan fingerprint density at radius 1 is 1.19 bits per heavy atom. The van der Waals surface area contributed by atoms with Crippen LogP contribution in [0.3, 0.4) is 0 Å². The first-order chi connectivity index (χ1) is 12.6. The molecule has 1 aromatic carbocycles. The molecule has 2 fully saturated rings. The molecule has 1 aliphatic carbocycles. The van der Waals surface area contributed by atoms with Gasteiger partial charge in [0.1, 0.15) is 13.2 Å². The highest BCUT2D eigenvalue weighted by Gasteiger charge is 2.38. The van der Waals surface area contributed by atoms with E-state index in [4.69, 9.17) is 9.47 Å². The SMILES string of the molecule is O=C(CN1CCCC(O)C1)NC1(c2ccc3c(c2)OCCO3)CCCC1. The topological polar surface area (TPSA) is 71.0 Å². The number of piperidine rings is 1. The molecule has 1 unspecified atom stereocenters. The molecule has 2 aliphatic heterocycles. The maximum atomic E-state index is 12.8. The lowest BCUT2D eigenvalue weighted by Gasteiger charge is -2.34. The van der Waals surface area contributed by atoms with Gasteiger partial charge in [-0.05, 0) is 49.9 Å². The second-order valence-electron chi connectivity index (χ2n) is 7.73. The summed E-state index contributed by atoms with van der Waals surface area (Å²) in [6, 6.07) is 6.05. The van der Waals surface area contributed by atoms with E-state index in [2.05, 4.69) is 16.3 Å². The van der Waals surface area contributed by atoms with Gasteiger partial charge in [-0.3, -0.25) is 9.69 Å². The van der Waals surface area contributed by atoms with Crippen LogP contribution in [-0.4, -0.2) is 54.9 Å². The minimum absolute atomic E-state index is 0.0379. The highest BCUT2D eigenvalue weighted by molar-refractivity contribution is 5.79. The summed E-state index contributed by atoms with van der Waals surface area (Å²) in [5.74, 6) is 1.59. The van der Waals surface area contributed by atoms with E-state index in [1.165, 1.54) is 0 Å².